The molecule has 1 fully saturated rings. The van der Waals surface area contributed by atoms with Crippen LogP contribution in [-0.4, -0.2) is 35.3 Å². The van der Waals surface area contributed by atoms with Crippen LogP contribution in [0.2, 0.25) is 0 Å². The van der Waals surface area contributed by atoms with Crippen LogP contribution in [0.25, 0.3) is 0 Å². The molecule has 0 unspecified atom stereocenters. The van der Waals surface area contributed by atoms with Gasteiger partial charge in [-0.2, -0.15) is 0 Å². The van der Waals surface area contributed by atoms with Crippen LogP contribution >= 0.6 is 24.4 Å². The van der Waals surface area contributed by atoms with E-state index in [0.717, 1.165) is 24.5 Å². The summed E-state index contributed by atoms with van der Waals surface area (Å²) in [4.78, 5) is 1.87. The fourth-order valence-corrected chi connectivity index (χ4v) is 2.17. The minimum Gasteiger partial charge on any atom is -0.497 e. The molecule has 90 valence electrons. The maximum Gasteiger partial charge on any atom is 0.179 e. The fraction of sp³-hybridized carbons (Fsp3) is 0.273. The van der Waals surface area contributed by atoms with Crippen molar-refractivity contribution in [3.8, 4) is 5.75 Å². The second kappa shape index (κ2) is 5.29. The Hall–Kier alpha value is -1.40. The average Bonchev–Trinajstić information content (AvgIpc) is 2.76. The summed E-state index contributed by atoms with van der Waals surface area (Å²) in [5.41, 5.74) is 0.922. The molecule has 0 bridgehead atoms. The van der Waals surface area contributed by atoms with Crippen molar-refractivity contribution >= 4 is 40.3 Å². The van der Waals surface area contributed by atoms with E-state index in [-0.39, 0.29) is 0 Å². The zero-order chi connectivity index (χ0) is 12.3. The van der Waals surface area contributed by atoms with E-state index in [1.54, 1.807) is 7.11 Å². The topological polar surface area (TPSA) is 36.5 Å². The molecular formula is C11H13N3OS2. The van der Waals surface area contributed by atoms with E-state index in [1.165, 1.54) is 0 Å². The Morgan fingerprint density at radius 3 is 2.65 bits per heavy atom. The van der Waals surface area contributed by atoms with Gasteiger partial charge in [0.15, 0.2) is 10.2 Å². The number of rotatable bonds is 2. The molecule has 1 heterocycles. The first-order chi connectivity index (χ1) is 8.20. The van der Waals surface area contributed by atoms with Crippen molar-refractivity contribution in [1.82, 2.24) is 10.2 Å². The first-order valence-corrected chi connectivity index (χ1v) is 6.03. The molecule has 2 N–H and O–H groups in total. The molecule has 4 nitrogen and oxygen atoms in total. The molecule has 1 aliphatic heterocycles. The third kappa shape index (κ3) is 2.83. The lowest BCUT2D eigenvalue weighted by molar-refractivity contribution is 0.415. The van der Waals surface area contributed by atoms with Crippen LogP contribution in [0.1, 0.15) is 0 Å². The zero-order valence-corrected chi connectivity index (χ0v) is 11.0. The van der Waals surface area contributed by atoms with Crippen LogP contribution in [0.15, 0.2) is 24.3 Å². The van der Waals surface area contributed by atoms with E-state index in [1.807, 2.05) is 29.2 Å². The zero-order valence-electron chi connectivity index (χ0n) is 9.40. The van der Waals surface area contributed by atoms with E-state index in [2.05, 4.69) is 10.6 Å². The van der Waals surface area contributed by atoms with E-state index in [9.17, 15) is 0 Å². The Morgan fingerprint density at radius 1 is 1.41 bits per heavy atom. The number of thiocarbonyl (C=S) groups is 2. The second-order valence-electron chi connectivity index (χ2n) is 3.54. The SMILES string of the molecule is COc1ccc(NC(=S)N2CCNC2=S)cc1. The van der Waals surface area contributed by atoms with Gasteiger partial charge in [-0.3, -0.25) is 4.90 Å². The molecule has 1 aromatic rings. The normalized spacial score (nSPS) is 14.4. The summed E-state index contributed by atoms with van der Waals surface area (Å²) in [5, 5.41) is 7.50. The maximum atomic E-state index is 5.29. The number of hydrogen-bond donors (Lipinski definition) is 2. The van der Waals surface area contributed by atoms with Crippen LogP contribution < -0.4 is 15.4 Å². The highest BCUT2D eigenvalue weighted by atomic mass is 32.1. The number of methoxy groups -OCH3 is 1. The van der Waals surface area contributed by atoms with Crippen LogP contribution in [0.5, 0.6) is 5.75 Å². The van der Waals surface area contributed by atoms with Gasteiger partial charge in [0.1, 0.15) is 5.75 Å². The summed E-state index contributed by atoms with van der Waals surface area (Å²) < 4.78 is 5.09. The molecule has 2 rings (SSSR count). The predicted molar refractivity (Wildman–Crippen MR) is 76.5 cm³/mol. The number of nitrogens with zero attached hydrogens (tertiary/aromatic N) is 1. The average molecular weight is 267 g/mol. The molecule has 17 heavy (non-hydrogen) atoms. The standard InChI is InChI=1S/C11H13N3OS2/c1-15-9-4-2-8(3-5-9)13-11(17)14-7-6-12-10(14)16/h2-5H,6-7H2,1H3,(H,12,16)(H,13,17). The van der Waals surface area contributed by atoms with Gasteiger partial charge in [-0.15, -0.1) is 0 Å². The first-order valence-electron chi connectivity index (χ1n) is 5.21. The molecular weight excluding hydrogens is 254 g/mol. The first kappa shape index (κ1) is 12.1. The Balaban J connectivity index is 2.00. The van der Waals surface area contributed by atoms with Crippen molar-refractivity contribution in [3.05, 3.63) is 24.3 Å². The van der Waals surface area contributed by atoms with Crippen molar-refractivity contribution < 1.29 is 4.74 Å². The molecule has 0 aliphatic carbocycles. The lowest BCUT2D eigenvalue weighted by Gasteiger charge is -2.18. The largest absolute Gasteiger partial charge is 0.497 e. The van der Waals surface area contributed by atoms with Crippen molar-refractivity contribution in [1.29, 1.82) is 0 Å². The van der Waals surface area contributed by atoms with Crippen molar-refractivity contribution in [2.24, 2.45) is 0 Å². The number of hydrogen-bond acceptors (Lipinski definition) is 3. The molecule has 0 aromatic heterocycles. The molecule has 0 spiro atoms. The Bertz CT molecular complexity index is 433. The Morgan fingerprint density at radius 2 is 2.12 bits per heavy atom. The molecule has 0 radical (unpaired) electrons. The summed E-state index contributed by atoms with van der Waals surface area (Å²) in [6, 6.07) is 7.59. The molecule has 6 heteroatoms. The number of benzene rings is 1. The molecule has 1 saturated heterocycles. The molecule has 1 aromatic carbocycles. The van der Waals surface area contributed by atoms with Gasteiger partial charge in [0.2, 0.25) is 0 Å². The quantitative estimate of drug-likeness (QED) is 0.793. The minimum absolute atomic E-state index is 0.616. The molecule has 1 aliphatic rings. The number of ether oxygens (including phenoxy) is 1. The van der Waals surface area contributed by atoms with Gasteiger partial charge in [-0.1, -0.05) is 0 Å². The van der Waals surface area contributed by atoms with E-state index >= 15 is 0 Å². The highest BCUT2D eigenvalue weighted by Gasteiger charge is 2.19. The summed E-state index contributed by atoms with van der Waals surface area (Å²) in [5.74, 6) is 0.819. The van der Waals surface area contributed by atoms with Crippen LogP contribution in [0.4, 0.5) is 5.69 Å². The van der Waals surface area contributed by atoms with Crippen LogP contribution in [0.3, 0.4) is 0 Å². The maximum absolute atomic E-state index is 5.29. The summed E-state index contributed by atoms with van der Waals surface area (Å²) in [7, 11) is 1.64. The van der Waals surface area contributed by atoms with Crippen molar-refractivity contribution in [2.75, 3.05) is 25.5 Å². The minimum atomic E-state index is 0.616. The van der Waals surface area contributed by atoms with Crippen molar-refractivity contribution in [2.45, 2.75) is 0 Å². The highest BCUT2D eigenvalue weighted by molar-refractivity contribution is 7.82. The van der Waals surface area contributed by atoms with Gasteiger partial charge in [0.25, 0.3) is 0 Å². The predicted octanol–water partition coefficient (Wildman–Crippen LogP) is 1.58. The molecule has 0 saturated carbocycles. The Kier molecular flexibility index (Phi) is 3.75. The van der Waals surface area contributed by atoms with Gasteiger partial charge in [-0.25, -0.2) is 0 Å². The summed E-state index contributed by atoms with van der Waals surface area (Å²) >= 11 is 10.4. The van der Waals surface area contributed by atoms with Gasteiger partial charge in [0.05, 0.1) is 7.11 Å². The Labute approximate surface area is 111 Å². The van der Waals surface area contributed by atoms with E-state index < -0.39 is 0 Å². The van der Waals surface area contributed by atoms with Crippen LogP contribution in [0, 0.1) is 0 Å². The van der Waals surface area contributed by atoms with Crippen LogP contribution in [-0.2, 0) is 0 Å². The van der Waals surface area contributed by atoms with E-state index in [0.29, 0.717) is 10.2 Å². The third-order valence-corrected chi connectivity index (χ3v) is 3.13. The smallest absolute Gasteiger partial charge is 0.179 e. The van der Waals surface area contributed by atoms with Gasteiger partial charge in [0, 0.05) is 18.8 Å². The fourth-order valence-electron chi connectivity index (χ4n) is 1.53. The van der Waals surface area contributed by atoms with Gasteiger partial charge >= 0.3 is 0 Å². The lowest BCUT2D eigenvalue weighted by Crippen LogP contribution is -2.37. The monoisotopic (exact) mass is 267 g/mol. The summed E-state index contributed by atoms with van der Waals surface area (Å²) in [6.07, 6.45) is 0. The van der Waals surface area contributed by atoms with Gasteiger partial charge in [-0.05, 0) is 48.7 Å². The molecule has 0 amide bonds. The van der Waals surface area contributed by atoms with Gasteiger partial charge < -0.3 is 15.4 Å². The third-order valence-electron chi connectivity index (χ3n) is 2.44. The highest BCUT2D eigenvalue weighted by Crippen LogP contribution is 2.15. The second-order valence-corrected chi connectivity index (χ2v) is 4.32. The van der Waals surface area contributed by atoms with Crippen molar-refractivity contribution in [3.63, 3.8) is 0 Å². The number of anilines is 1. The molecule has 0 atom stereocenters. The lowest BCUT2D eigenvalue weighted by atomic mass is 10.3. The summed E-state index contributed by atoms with van der Waals surface area (Å²) in [6.45, 7) is 1.64. The number of nitrogens with one attached hydrogen (secondary N) is 2. The van der Waals surface area contributed by atoms with E-state index in [4.69, 9.17) is 29.2 Å².